The van der Waals surface area contributed by atoms with Crippen LogP contribution in [0.4, 0.5) is 11.4 Å². The molecular formula is C22H22N2O5S. The fourth-order valence-corrected chi connectivity index (χ4v) is 3.45. The minimum atomic E-state index is -3.58. The first-order valence-electron chi connectivity index (χ1n) is 9.21. The Labute approximate surface area is 175 Å². The van der Waals surface area contributed by atoms with Crippen LogP contribution in [0.3, 0.4) is 0 Å². The maximum absolute atomic E-state index is 12.8. The third-order valence-electron chi connectivity index (χ3n) is 4.18. The van der Waals surface area contributed by atoms with Crippen molar-refractivity contribution < 1.29 is 23.1 Å². The number of rotatable bonds is 7. The predicted octanol–water partition coefficient (Wildman–Crippen LogP) is 4.08. The standard InChI is InChI=1S/C22H22N2O5S/c1-3-29-21-13-16(15-7-5-4-6-8-15)9-11-18(21)22(26)23-17-10-12-20(25)19(14-17)24-30(2,27)28/h4-14,24-25H,3H2,1-2H3,(H,23,26). The summed E-state index contributed by atoms with van der Waals surface area (Å²) < 4.78 is 30.8. The zero-order chi connectivity index (χ0) is 21.7. The molecule has 7 nitrogen and oxygen atoms in total. The molecule has 0 unspecified atom stereocenters. The van der Waals surface area contributed by atoms with E-state index in [0.29, 0.717) is 23.6 Å². The average molecular weight is 426 g/mol. The smallest absolute Gasteiger partial charge is 0.259 e. The minimum Gasteiger partial charge on any atom is -0.506 e. The molecule has 0 bridgehead atoms. The molecule has 0 aliphatic carbocycles. The van der Waals surface area contributed by atoms with Gasteiger partial charge in [0.1, 0.15) is 11.5 Å². The number of amides is 1. The first kappa shape index (κ1) is 21.2. The number of carbonyl (C=O) groups is 1. The van der Waals surface area contributed by atoms with Gasteiger partial charge >= 0.3 is 0 Å². The molecule has 30 heavy (non-hydrogen) atoms. The van der Waals surface area contributed by atoms with E-state index in [1.54, 1.807) is 12.1 Å². The Hall–Kier alpha value is -3.52. The molecule has 3 N–H and O–H groups in total. The van der Waals surface area contributed by atoms with Gasteiger partial charge in [-0.05, 0) is 48.4 Å². The van der Waals surface area contributed by atoms with Crippen LogP contribution in [0.15, 0.2) is 66.7 Å². The van der Waals surface area contributed by atoms with E-state index in [-0.39, 0.29) is 11.4 Å². The third-order valence-corrected chi connectivity index (χ3v) is 4.77. The lowest BCUT2D eigenvalue weighted by Gasteiger charge is -2.14. The lowest BCUT2D eigenvalue weighted by Crippen LogP contribution is -2.14. The van der Waals surface area contributed by atoms with E-state index in [0.717, 1.165) is 17.4 Å². The van der Waals surface area contributed by atoms with Crippen molar-refractivity contribution in [3.05, 3.63) is 72.3 Å². The molecule has 1 amide bonds. The summed E-state index contributed by atoms with van der Waals surface area (Å²) in [5.74, 6) is -0.237. The van der Waals surface area contributed by atoms with Gasteiger partial charge in [0, 0.05) is 5.69 Å². The molecule has 0 atom stereocenters. The summed E-state index contributed by atoms with van der Waals surface area (Å²) in [5, 5.41) is 12.5. The average Bonchev–Trinajstić information content (AvgIpc) is 2.70. The normalized spacial score (nSPS) is 11.0. The number of hydrogen-bond acceptors (Lipinski definition) is 5. The lowest BCUT2D eigenvalue weighted by atomic mass is 10.0. The first-order valence-corrected chi connectivity index (χ1v) is 11.1. The predicted molar refractivity (Wildman–Crippen MR) is 118 cm³/mol. The molecule has 0 aromatic heterocycles. The summed E-state index contributed by atoms with van der Waals surface area (Å²) in [7, 11) is -3.58. The number of nitrogens with one attached hydrogen (secondary N) is 2. The van der Waals surface area contributed by atoms with Gasteiger partial charge in [-0.2, -0.15) is 0 Å². The SMILES string of the molecule is CCOc1cc(-c2ccccc2)ccc1C(=O)Nc1ccc(O)c(NS(C)(=O)=O)c1. The second-order valence-corrected chi connectivity index (χ2v) is 8.32. The van der Waals surface area contributed by atoms with Crippen LogP contribution >= 0.6 is 0 Å². The monoisotopic (exact) mass is 426 g/mol. The quantitative estimate of drug-likeness (QED) is 0.390. The highest BCUT2D eigenvalue weighted by Gasteiger charge is 2.16. The summed E-state index contributed by atoms with van der Waals surface area (Å²) >= 11 is 0. The highest BCUT2D eigenvalue weighted by Crippen LogP contribution is 2.30. The molecule has 0 heterocycles. The van der Waals surface area contributed by atoms with Gasteiger partial charge in [-0.3, -0.25) is 9.52 Å². The fourth-order valence-electron chi connectivity index (χ4n) is 2.89. The van der Waals surface area contributed by atoms with Crippen LogP contribution in [0.2, 0.25) is 0 Å². The number of ether oxygens (including phenoxy) is 1. The van der Waals surface area contributed by atoms with Crippen molar-refractivity contribution in [3.8, 4) is 22.6 Å². The number of hydrogen-bond donors (Lipinski definition) is 3. The van der Waals surface area contributed by atoms with Crippen LogP contribution in [0.1, 0.15) is 17.3 Å². The number of phenolic OH excluding ortho intramolecular Hbond substituents is 1. The highest BCUT2D eigenvalue weighted by atomic mass is 32.2. The molecule has 0 saturated carbocycles. The summed E-state index contributed by atoms with van der Waals surface area (Å²) in [5.41, 5.74) is 2.54. The number of benzene rings is 3. The number of anilines is 2. The van der Waals surface area contributed by atoms with E-state index in [4.69, 9.17) is 4.74 Å². The van der Waals surface area contributed by atoms with Crippen LogP contribution < -0.4 is 14.8 Å². The van der Waals surface area contributed by atoms with Crippen LogP contribution in [-0.2, 0) is 10.0 Å². The van der Waals surface area contributed by atoms with E-state index < -0.39 is 15.9 Å². The molecule has 0 radical (unpaired) electrons. The van der Waals surface area contributed by atoms with Crippen molar-refractivity contribution >= 4 is 27.3 Å². The van der Waals surface area contributed by atoms with Gasteiger partial charge in [0.15, 0.2) is 0 Å². The molecule has 156 valence electrons. The van der Waals surface area contributed by atoms with Gasteiger partial charge in [0.2, 0.25) is 10.0 Å². The van der Waals surface area contributed by atoms with Crippen molar-refractivity contribution in [2.24, 2.45) is 0 Å². The molecule has 3 aromatic rings. The Bertz CT molecular complexity index is 1160. The largest absolute Gasteiger partial charge is 0.506 e. The zero-order valence-electron chi connectivity index (χ0n) is 16.5. The number of sulfonamides is 1. The highest BCUT2D eigenvalue weighted by molar-refractivity contribution is 7.92. The van der Waals surface area contributed by atoms with E-state index in [9.17, 15) is 18.3 Å². The zero-order valence-corrected chi connectivity index (χ0v) is 17.4. The van der Waals surface area contributed by atoms with Crippen molar-refractivity contribution in [1.29, 1.82) is 0 Å². The van der Waals surface area contributed by atoms with Gasteiger partial charge < -0.3 is 15.2 Å². The number of aromatic hydroxyl groups is 1. The Balaban J connectivity index is 1.89. The molecule has 8 heteroatoms. The number of phenols is 1. The second kappa shape index (κ2) is 8.87. The van der Waals surface area contributed by atoms with Gasteiger partial charge in [-0.1, -0.05) is 36.4 Å². The van der Waals surface area contributed by atoms with Crippen LogP contribution in [-0.4, -0.2) is 32.3 Å². The van der Waals surface area contributed by atoms with Crippen LogP contribution in [0, 0.1) is 0 Å². The van der Waals surface area contributed by atoms with Crippen LogP contribution in [0.5, 0.6) is 11.5 Å². The summed E-state index contributed by atoms with van der Waals surface area (Å²) in [6.07, 6.45) is 0.973. The molecular weight excluding hydrogens is 404 g/mol. The second-order valence-electron chi connectivity index (χ2n) is 6.57. The van der Waals surface area contributed by atoms with Crippen LogP contribution in [0.25, 0.3) is 11.1 Å². The minimum absolute atomic E-state index is 0.0280. The van der Waals surface area contributed by atoms with Crippen molar-refractivity contribution in [3.63, 3.8) is 0 Å². The van der Waals surface area contributed by atoms with Gasteiger partial charge in [-0.25, -0.2) is 8.42 Å². The third kappa shape index (κ3) is 5.30. The summed E-state index contributed by atoms with van der Waals surface area (Å²) in [6.45, 7) is 2.22. The van der Waals surface area contributed by atoms with Crippen molar-refractivity contribution in [2.45, 2.75) is 6.92 Å². The topological polar surface area (TPSA) is 105 Å². The Kier molecular flexibility index (Phi) is 6.27. The lowest BCUT2D eigenvalue weighted by molar-refractivity contribution is 0.102. The first-order chi connectivity index (χ1) is 14.3. The maximum atomic E-state index is 12.8. The van der Waals surface area contributed by atoms with E-state index >= 15 is 0 Å². The van der Waals surface area contributed by atoms with E-state index in [1.165, 1.54) is 18.2 Å². The molecule has 0 fully saturated rings. The van der Waals surface area contributed by atoms with Crippen molar-refractivity contribution in [2.75, 3.05) is 22.9 Å². The fraction of sp³-hybridized carbons (Fsp3) is 0.136. The molecule has 3 rings (SSSR count). The van der Waals surface area contributed by atoms with E-state index in [1.807, 2.05) is 43.3 Å². The van der Waals surface area contributed by atoms with Gasteiger partial charge in [0.05, 0.1) is 24.1 Å². The van der Waals surface area contributed by atoms with Gasteiger partial charge in [0.25, 0.3) is 5.91 Å². The van der Waals surface area contributed by atoms with Gasteiger partial charge in [-0.15, -0.1) is 0 Å². The molecule has 0 aliphatic rings. The Morgan fingerprint density at radius 2 is 1.73 bits per heavy atom. The number of carbonyl (C=O) groups excluding carboxylic acids is 1. The molecule has 0 aliphatic heterocycles. The summed E-state index contributed by atoms with van der Waals surface area (Å²) in [4.78, 5) is 12.8. The maximum Gasteiger partial charge on any atom is 0.259 e. The molecule has 0 spiro atoms. The molecule has 3 aromatic carbocycles. The van der Waals surface area contributed by atoms with E-state index in [2.05, 4.69) is 10.0 Å². The Morgan fingerprint density at radius 1 is 1.00 bits per heavy atom. The molecule has 0 saturated heterocycles. The Morgan fingerprint density at radius 3 is 2.40 bits per heavy atom. The summed E-state index contributed by atoms with van der Waals surface area (Å²) in [6, 6.07) is 19.2. The van der Waals surface area contributed by atoms with Crippen molar-refractivity contribution in [1.82, 2.24) is 0 Å².